The molecule has 0 bridgehead atoms. The molecule has 4 rings (SSSR count). The van der Waals surface area contributed by atoms with E-state index in [0.29, 0.717) is 23.6 Å². The zero-order valence-corrected chi connectivity index (χ0v) is 20.1. The fraction of sp³-hybridized carbons (Fsp3) is 0.250. The van der Waals surface area contributed by atoms with Crippen LogP contribution in [-0.4, -0.2) is 56.3 Å². The van der Waals surface area contributed by atoms with Crippen LogP contribution in [0.25, 0.3) is 6.08 Å². The van der Waals surface area contributed by atoms with Gasteiger partial charge in [0.05, 0.1) is 7.11 Å². The Morgan fingerprint density at radius 1 is 1.03 bits per heavy atom. The molecule has 0 aromatic heterocycles. The molecule has 0 spiro atoms. The molecule has 35 heavy (non-hydrogen) atoms. The van der Waals surface area contributed by atoms with Gasteiger partial charge in [-0.05, 0) is 49.0 Å². The number of benzene rings is 3. The lowest BCUT2D eigenvalue weighted by atomic mass is 10.1. The van der Waals surface area contributed by atoms with Crippen molar-refractivity contribution in [3.8, 4) is 17.2 Å². The van der Waals surface area contributed by atoms with E-state index in [-0.39, 0.29) is 11.7 Å². The van der Waals surface area contributed by atoms with Gasteiger partial charge in [0.15, 0.2) is 11.5 Å². The molecule has 2 N–H and O–H groups in total. The number of likely N-dealkylation sites (N-methyl/N-ethyl adjacent to an activating group) is 1. The van der Waals surface area contributed by atoms with Gasteiger partial charge in [-0.25, -0.2) is 0 Å². The van der Waals surface area contributed by atoms with Crippen molar-refractivity contribution in [3.63, 3.8) is 0 Å². The van der Waals surface area contributed by atoms with Crippen molar-refractivity contribution in [1.29, 1.82) is 0 Å². The molecule has 182 valence electrons. The molecule has 7 heteroatoms. The van der Waals surface area contributed by atoms with E-state index in [0.717, 1.165) is 43.2 Å². The summed E-state index contributed by atoms with van der Waals surface area (Å²) in [5.41, 5.74) is 3.42. The fourth-order valence-electron chi connectivity index (χ4n) is 3.92. The number of ether oxygens (including phenoxy) is 2. The van der Waals surface area contributed by atoms with E-state index in [2.05, 4.69) is 34.3 Å². The van der Waals surface area contributed by atoms with E-state index < -0.39 is 0 Å². The van der Waals surface area contributed by atoms with Gasteiger partial charge in [-0.15, -0.1) is 0 Å². The van der Waals surface area contributed by atoms with Crippen LogP contribution in [0, 0.1) is 0 Å². The Morgan fingerprint density at radius 2 is 1.83 bits per heavy atom. The second-order valence-corrected chi connectivity index (χ2v) is 8.49. The Labute approximate surface area is 206 Å². The molecule has 0 unspecified atom stereocenters. The number of piperazine rings is 1. The van der Waals surface area contributed by atoms with Gasteiger partial charge in [0.25, 0.3) is 0 Å². The van der Waals surface area contributed by atoms with Crippen LogP contribution in [0.1, 0.15) is 11.1 Å². The molecule has 0 atom stereocenters. The Bertz CT molecular complexity index is 1190. The Kier molecular flexibility index (Phi) is 7.90. The topological polar surface area (TPSA) is 74.3 Å². The molecule has 1 aliphatic heterocycles. The highest BCUT2D eigenvalue weighted by atomic mass is 16.5. The van der Waals surface area contributed by atoms with Gasteiger partial charge in [-0.3, -0.25) is 4.79 Å². The monoisotopic (exact) mass is 473 g/mol. The van der Waals surface area contributed by atoms with Gasteiger partial charge in [-0.2, -0.15) is 0 Å². The molecule has 0 saturated carbocycles. The minimum Gasteiger partial charge on any atom is -0.504 e. The number of phenols is 1. The zero-order valence-electron chi connectivity index (χ0n) is 20.1. The maximum absolute atomic E-state index is 12.5. The highest BCUT2D eigenvalue weighted by Gasteiger charge is 2.15. The quantitative estimate of drug-likeness (QED) is 0.473. The molecular formula is C28H31N3O4. The number of nitrogens with one attached hydrogen (secondary N) is 1. The summed E-state index contributed by atoms with van der Waals surface area (Å²) in [4.78, 5) is 17.2. The van der Waals surface area contributed by atoms with E-state index in [9.17, 15) is 9.90 Å². The van der Waals surface area contributed by atoms with Crippen molar-refractivity contribution in [1.82, 2.24) is 4.90 Å². The number of nitrogens with zero attached hydrogens (tertiary/aromatic N) is 2. The summed E-state index contributed by atoms with van der Waals surface area (Å²) in [6, 6.07) is 20.7. The maximum Gasteiger partial charge on any atom is 0.248 e. The van der Waals surface area contributed by atoms with Crippen LogP contribution in [-0.2, 0) is 11.4 Å². The van der Waals surface area contributed by atoms with Gasteiger partial charge in [-0.1, -0.05) is 30.3 Å². The Morgan fingerprint density at radius 3 is 2.60 bits per heavy atom. The lowest BCUT2D eigenvalue weighted by Gasteiger charge is -2.34. The molecule has 1 fully saturated rings. The average molecular weight is 474 g/mol. The number of amides is 1. The van der Waals surface area contributed by atoms with E-state index in [4.69, 9.17) is 9.47 Å². The number of hydrogen-bond donors (Lipinski definition) is 2. The minimum atomic E-state index is -0.273. The Balaban J connectivity index is 1.37. The first-order valence-corrected chi connectivity index (χ1v) is 11.6. The molecule has 1 saturated heterocycles. The summed E-state index contributed by atoms with van der Waals surface area (Å²) in [5.74, 6) is 0.926. The third-order valence-corrected chi connectivity index (χ3v) is 5.99. The molecule has 0 radical (unpaired) electrons. The first-order chi connectivity index (χ1) is 17.0. The van der Waals surface area contributed by atoms with Crippen molar-refractivity contribution in [2.75, 3.05) is 50.6 Å². The first-order valence-electron chi connectivity index (χ1n) is 11.6. The largest absolute Gasteiger partial charge is 0.504 e. The summed E-state index contributed by atoms with van der Waals surface area (Å²) in [6.07, 6.45) is 3.07. The number of para-hydroxylation sites is 1. The third kappa shape index (κ3) is 6.55. The molecule has 7 nitrogen and oxygen atoms in total. The van der Waals surface area contributed by atoms with Crippen molar-refractivity contribution < 1.29 is 19.4 Å². The highest BCUT2D eigenvalue weighted by Crippen LogP contribution is 2.27. The second kappa shape index (κ2) is 11.4. The molecular weight excluding hydrogens is 442 g/mol. The first kappa shape index (κ1) is 24.2. The lowest BCUT2D eigenvalue weighted by molar-refractivity contribution is -0.111. The molecule has 1 aliphatic rings. The number of carbonyl (C=O) groups excluding carboxylic acids is 1. The molecule has 3 aromatic rings. The number of phenolic OH excluding ortho intramolecular Hbond substituents is 1. The van der Waals surface area contributed by atoms with Gasteiger partial charge in [0.1, 0.15) is 12.4 Å². The lowest BCUT2D eigenvalue weighted by Crippen LogP contribution is -2.44. The van der Waals surface area contributed by atoms with E-state index in [1.54, 1.807) is 24.3 Å². The maximum atomic E-state index is 12.5. The SMILES string of the molecule is COc1ccc(/C=C/C(=O)Nc2ccccc2COc2cccc(N3CCN(C)CC3)c2)cc1O. The molecule has 1 heterocycles. The average Bonchev–Trinajstić information content (AvgIpc) is 2.88. The van der Waals surface area contributed by atoms with Crippen LogP contribution < -0.4 is 19.7 Å². The van der Waals surface area contributed by atoms with Gasteiger partial charge in [0, 0.05) is 55.3 Å². The van der Waals surface area contributed by atoms with E-state index >= 15 is 0 Å². The number of hydrogen-bond acceptors (Lipinski definition) is 6. The normalized spacial score (nSPS) is 14.2. The number of carbonyl (C=O) groups is 1. The number of anilines is 2. The predicted molar refractivity (Wildman–Crippen MR) is 139 cm³/mol. The van der Waals surface area contributed by atoms with Gasteiger partial charge >= 0.3 is 0 Å². The van der Waals surface area contributed by atoms with Crippen LogP contribution in [0.3, 0.4) is 0 Å². The number of aromatic hydroxyl groups is 1. The van der Waals surface area contributed by atoms with Gasteiger partial charge < -0.3 is 29.7 Å². The fourth-order valence-corrected chi connectivity index (χ4v) is 3.92. The highest BCUT2D eigenvalue weighted by molar-refractivity contribution is 6.02. The zero-order chi connectivity index (χ0) is 24.6. The van der Waals surface area contributed by atoms with Crippen LogP contribution in [0.2, 0.25) is 0 Å². The summed E-state index contributed by atoms with van der Waals surface area (Å²) >= 11 is 0. The summed E-state index contributed by atoms with van der Waals surface area (Å²) in [7, 11) is 3.64. The standard InChI is InChI=1S/C28H31N3O4/c1-30-14-16-31(17-15-30)23-7-5-8-24(19-23)35-20-22-6-3-4-9-25(22)29-28(33)13-11-21-10-12-27(34-2)26(32)18-21/h3-13,18-19,32H,14-17,20H2,1-2H3,(H,29,33)/b13-11+. The van der Waals surface area contributed by atoms with Crippen LogP contribution in [0.15, 0.2) is 72.8 Å². The summed E-state index contributed by atoms with van der Waals surface area (Å²) in [5, 5.41) is 12.8. The molecule has 0 aliphatic carbocycles. The van der Waals surface area contributed by atoms with E-state index in [1.165, 1.54) is 13.2 Å². The smallest absolute Gasteiger partial charge is 0.248 e. The van der Waals surface area contributed by atoms with Crippen LogP contribution in [0.5, 0.6) is 17.2 Å². The third-order valence-electron chi connectivity index (χ3n) is 5.99. The number of methoxy groups -OCH3 is 1. The van der Waals surface area contributed by atoms with Crippen LogP contribution in [0.4, 0.5) is 11.4 Å². The Hall–Kier alpha value is -3.97. The molecule has 3 aromatic carbocycles. The van der Waals surface area contributed by atoms with E-state index in [1.807, 2.05) is 36.4 Å². The number of rotatable bonds is 8. The van der Waals surface area contributed by atoms with Gasteiger partial charge in [0.2, 0.25) is 5.91 Å². The van der Waals surface area contributed by atoms with Crippen molar-refractivity contribution in [2.45, 2.75) is 6.61 Å². The van der Waals surface area contributed by atoms with Crippen molar-refractivity contribution >= 4 is 23.4 Å². The summed E-state index contributed by atoms with van der Waals surface area (Å²) < 4.78 is 11.1. The minimum absolute atomic E-state index is 0.0224. The van der Waals surface area contributed by atoms with Crippen molar-refractivity contribution in [3.05, 3.63) is 83.9 Å². The second-order valence-electron chi connectivity index (χ2n) is 8.49. The van der Waals surface area contributed by atoms with Crippen LogP contribution >= 0.6 is 0 Å². The molecule has 1 amide bonds. The van der Waals surface area contributed by atoms with Crippen molar-refractivity contribution in [2.24, 2.45) is 0 Å². The summed E-state index contributed by atoms with van der Waals surface area (Å²) in [6.45, 7) is 4.42. The predicted octanol–water partition coefficient (Wildman–Crippen LogP) is 4.38.